The maximum atomic E-state index is 5.86. The van der Waals surface area contributed by atoms with Gasteiger partial charge in [-0.1, -0.05) is 0 Å². The Balaban J connectivity index is 2.04. The predicted octanol–water partition coefficient (Wildman–Crippen LogP) is 3.39. The molecule has 2 rings (SSSR count). The van der Waals surface area contributed by atoms with E-state index in [0.717, 1.165) is 31.4 Å². The number of alkyl halides is 1. The smallest absolute Gasteiger partial charge is 0.203 e. The van der Waals surface area contributed by atoms with Gasteiger partial charge in [0, 0.05) is 18.9 Å². The third-order valence-corrected chi connectivity index (χ3v) is 3.69. The van der Waals surface area contributed by atoms with Crippen molar-refractivity contribution in [2.75, 3.05) is 27.4 Å². The minimum Gasteiger partial charge on any atom is -0.493 e. The van der Waals surface area contributed by atoms with Crippen molar-refractivity contribution in [2.24, 2.45) is 0 Å². The lowest BCUT2D eigenvalue weighted by atomic mass is 10.2. The van der Waals surface area contributed by atoms with Gasteiger partial charge in [-0.25, -0.2) is 0 Å². The molecule has 1 fully saturated rings. The molecular formula is C15H21ClO4. The van der Waals surface area contributed by atoms with Crippen LogP contribution < -0.4 is 14.2 Å². The third-order valence-electron chi connectivity index (χ3n) is 3.38. The zero-order chi connectivity index (χ0) is 14.4. The average Bonchev–Trinajstić information content (AvgIpc) is 3.00. The Kier molecular flexibility index (Phi) is 5.80. The van der Waals surface area contributed by atoms with Crippen molar-refractivity contribution in [3.8, 4) is 17.2 Å². The number of halogens is 1. The van der Waals surface area contributed by atoms with Crippen LogP contribution in [0.5, 0.6) is 17.2 Å². The van der Waals surface area contributed by atoms with E-state index in [1.54, 1.807) is 14.2 Å². The van der Waals surface area contributed by atoms with Crippen LogP contribution in [0.4, 0.5) is 0 Å². The Labute approximate surface area is 124 Å². The van der Waals surface area contributed by atoms with Gasteiger partial charge in [0.05, 0.1) is 26.9 Å². The first-order chi connectivity index (χ1) is 9.78. The zero-order valence-electron chi connectivity index (χ0n) is 12.0. The highest BCUT2D eigenvalue weighted by atomic mass is 35.5. The summed E-state index contributed by atoms with van der Waals surface area (Å²) in [6.07, 6.45) is 3.45. The lowest BCUT2D eigenvalue weighted by Crippen LogP contribution is -2.11. The zero-order valence-corrected chi connectivity index (χ0v) is 12.7. The summed E-state index contributed by atoms with van der Waals surface area (Å²) < 4.78 is 22.1. The number of rotatable bonds is 7. The van der Waals surface area contributed by atoms with Crippen LogP contribution in [0.2, 0.25) is 0 Å². The van der Waals surface area contributed by atoms with Crippen molar-refractivity contribution in [1.82, 2.24) is 0 Å². The summed E-state index contributed by atoms with van der Waals surface area (Å²) in [5, 5.41) is 0. The fourth-order valence-electron chi connectivity index (χ4n) is 2.32. The molecule has 1 aromatic rings. The maximum Gasteiger partial charge on any atom is 0.203 e. The van der Waals surface area contributed by atoms with Crippen LogP contribution >= 0.6 is 11.6 Å². The molecule has 0 amide bonds. The molecule has 0 N–H and O–H groups in total. The van der Waals surface area contributed by atoms with E-state index in [2.05, 4.69) is 0 Å². The third kappa shape index (κ3) is 3.70. The first-order valence-corrected chi connectivity index (χ1v) is 7.37. The van der Waals surface area contributed by atoms with Gasteiger partial charge in [-0.2, -0.15) is 0 Å². The van der Waals surface area contributed by atoms with Gasteiger partial charge >= 0.3 is 0 Å². The van der Waals surface area contributed by atoms with Gasteiger partial charge in [0.1, 0.15) is 0 Å². The molecule has 1 aliphatic rings. The topological polar surface area (TPSA) is 36.9 Å². The Hall–Kier alpha value is -1.13. The first-order valence-electron chi connectivity index (χ1n) is 6.83. The Morgan fingerprint density at radius 2 is 1.95 bits per heavy atom. The average molecular weight is 301 g/mol. The van der Waals surface area contributed by atoms with E-state index in [1.807, 2.05) is 12.1 Å². The molecule has 1 atom stereocenters. The van der Waals surface area contributed by atoms with Crippen molar-refractivity contribution in [3.63, 3.8) is 0 Å². The molecule has 1 heterocycles. The molecule has 1 aromatic carbocycles. The van der Waals surface area contributed by atoms with Crippen molar-refractivity contribution in [2.45, 2.75) is 31.2 Å². The predicted molar refractivity (Wildman–Crippen MR) is 78.2 cm³/mol. The van der Waals surface area contributed by atoms with E-state index in [1.165, 1.54) is 0 Å². The number of benzene rings is 1. The fraction of sp³-hybridized carbons (Fsp3) is 0.600. The molecule has 20 heavy (non-hydrogen) atoms. The van der Waals surface area contributed by atoms with E-state index in [-0.39, 0.29) is 0 Å². The SMILES string of the molecule is COc1cc(CCl)cc(OC)c1OCCC1CCCO1. The van der Waals surface area contributed by atoms with Gasteiger partial charge in [0.15, 0.2) is 11.5 Å². The molecule has 0 bridgehead atoms. The molecule has 1 saturated heterocycles. The van der Waals surface area contributed by atoms with E-state index >= 15 is 0 Å². The second-order valence-corrected chi connectivity index (χ2v) is 5.00. The molecule has 5 heteroatoms. The van der Waals surface area contributed by atoms with Crippen molar-refractivity contribution >= 4 is 11.6 Å². The van der Waals surface area contributed by atoms with E-state index in [9.17, 15) is 0 Å². The monoisotopic (exact) mass is 300 g/mol. The van der Waals surface area contributed by atoms with Crippen molar-refractivity contribution in [1.29, 1.82) is 0 Å². The fourth-order valence-corrected chi connectivity index (χ4v) is 2.47. The van der Waals surface area contributed by atoms with E-state index in [4.69, 9.17) is 30.5 Å². The Bertz CT molecular complexity index is 405. The summed E-state index contributed by atoms with van der Waals surface area (Å²) in [6, 6.07) is 3.74. The molecular weight excluding hydrogens is 280 g/mol. The van der Waals surface area contributed by atoms with Crippen LogP contribution in [0.25, 0.3) is 0 Å². The van der Waals surface area contributed by atoms with Crippen LogP contribution in [0.1, 0.15) is 24.8 Å². The van der Waals surface area contributed by atoms with Crippen molar-refractivity contribution < 1.29 is 18.9 Å². The Morgan fingerprint density at radius 3 is 2.45 bits per heavy atom. The van der Waals surface area contributed by atoms with Crippen LogP contribution in [-0.4, -0.2) is 33.5 Å². The maximum absolute atomic E-state index is 5.86. The molecule has 4 nitrogen and oxygen atoms in total. The quantitative estimate of drug-likeness (QED) is 0.723. The van der Waals surface area contributed by atoms with Gasteiger partial charge in [-0.3, -0.25) is 0 Å². The summed E-state index contributed by atoms with van der Waals surface area (Å²) in [4.78, 5) is 0. The molecule has 1 aliphatic heterocycles. The van der Waals surface area contributed by atoms with Crippen LogP contribution in [0, 0.1) is 0 Å². The van der Waals surface area contributed by atoms with Crippen LogP contribution in [0.3, 0.4) is 0 Å². The summed E-state index contributed by atoms with van der Waals surface area (Å²) in [5.74, 6) is 2.32. The number of hydrogen-bond acceptors (Lipinski definition) is 4. The molecule has 112 valence electrons. The van der Waals surface area contributed by atoms with E-state index < -0.39 is 0 Å². The molecule has 0 aliphatic carbocycles. The summed E-state index contributed by atoms with van der Waals surface area (Å²) in [6.45, 7) is 1.44. The Morgan fingerprint density at radius 1 is 1.25 bits per heavy atom. The van der Waals surface area contributed by atoms with Gasteiger partial charge in [-0.05, 0) is 30.5 Å². The highest BCUT2D eigenvalue weighted by molar-refractivity contribution is 6.17. The standard InChI is InChI=1S/C15H21ClO4/c1-17-13-8-11(10-16)9-14(18-2)15(13)20-7-5-12-4-3-6-19-12/h8-9,12H,3-7,10H2,1-2H3. The van der Waals surface area contributed by atoms with Gasteiger partial charge in [0.2, 0.25) is 5.75 Å². The second kappa shape index (κ2) is 7.60. The van der Waals surface area contributed by atoms with Crippen LogP contribution in [0.15, 0.2) is 12.1 Å². The van der Waals surface area contributed by atoms with Gasteiger partial charge < -0.3 is 18.9 Å². The molecule has 0 saturated carbocycles. The number of hydrogen-bond donors (Lipinski definition) is 0. The minimum atomic E-state index is 0.314. The first kappa shape index (κ1) is 15.3. The lowest BCUT2D eigenvalue weighted by Gasteiger charge is -2.16. The van der Waals surface area contributed by atoms with E-state index in [0.29, 0.717) is 35.8 Å². The normalized spacial score (nSPS) is 18.1. The van der Waals surface area contributed by atoms with Crippen LogP contribution in [-0.2, 0) is 10.6 Å². The lowest BCUT2D eigenvalue weighted by molar-refractivity contribution is 0.0893. The van der Waals surface area contributed by atoms with Crippen molar-refractivity contribution in [3.05, 3.63) is 17.7 Å². The second-order valence-electron chi connectivity index (χ2n) is 4.74. The highest BCUT2D eigenvalue weighted by Crippen LogP contribution is 2.39. The molecule has 0 radical (unpaired) electrons. The largest absolute Gasteiger partial charge is 0.493 e. The highest BCUT2D eigenvalue weighted by Gasteiger charge is 2.18. The molecule has 0 spiro atoms. The number of ether oxygens (including phenoxy) is 4. The molecule has 1 unspecified atom stereocenters. The summed E-state index contributed by atoms with van der Waals surface area (Å²) in [5.41, 5.74) is 0.937. The summed E-state index contributed by atoms with van der Waals surface area (Å²) in [7, 11) is 3.22. The number of methoxy groups -OCH3 is 2. The molecule has 0 aromatic heterocycles. The summed E-state index contributed by atoms with van der Waals surface area (Å²) >= 11 is 5.86. The minimum absolute atomic E-state index is 0.314. The van der Waals surface area contributed by atoms with Gasteiger partial charge in [-0.15, -0.1) is 11.6 Å². The van der Waals surface area contributed by atoms with Gasteiger partial charge in [0.25, 0.3) is 0 Å².